The van der Waals surface area contributed by atoms with Gasteiger partial charge in [0.1, 0.15) is 12.5 Å². The number of ether oxygens (including phenoxy) is 1. The second-order valence-corrected chi connectivity index (χ2v) is 11.4. The average Bonchev–Trinajstić information content (AvgIpc) is 3.43. The molecule has 234 valence electrons. The highest BCUT2D eigenvalue weighted by atomic mass is 35.5. The maximum absolute atomic E-state index is 11.6. The molecule has 0 spiro atoms. The summed E-state index contributed by atoms with van der Waals surface area (Å²) < 4.78 is 6.27. The number of nitrogens with zero attached hydrogens (tertiary/aromatic N) is 3. The lowest BCUT2D eigenvalue weighted by atomic mass is 9.91. The number of benzene rings is 3. The minimum Gasteiger partial charge on any atom is -0.494 e. The molecule has 1 saturated heterocycles. The summed E-state index contributed by atoms with van der Waals surface area (Å²) in [5.74, 6) is 1.07. The number of hydrogen-bond donors (Lipinski definition) is 2. The Morgan fingerprint density at radius 2 is 1.73 bits per heavy atom. The highest BCUT2D eigenvalue weighted by Crippen LogP contribution is 2.42. The highest BCUT2D eigenvalue weighted by molar-refractivity contribution is 6.31. The number of aromatic amines is 1. The van der Waals surface area contributed by atoms with Crippen LogP contribution in [0.2, 0.25) is 5.02 Å². The van der Waals surface area contributed by atoms with Crippen LogP contribution < -0.4 is 9.64 Å². The fourth-order valence-electron chi connectivity index (χ4n) is 6.16. The first-order valence-electron chi connectivity index (χ1n) is 15.0. The maximum Gasteiger partial charge on any atom is 0.219 e. The van der Waals surface area contributed by atoms with Crippen molar-refractivity contribution < 1.29 is 19.4 Å². The van der Waals surface area contributed by atoms with Crippen LogP contribution in [0.15, 0.2) is 66.7 Å². The quantitative estimate of drug-likeness (QED) is 0.261. The number of piperazine rings is 1. The van der Waals surface area contributed by atoms with Crippen LogP contribution in [0.25, 0.3) is 10.9 Å². The molecule has 1 amide bonds. The standard InChI is InChI=1S/C33H37ClN4O2.CH4O.CH2O/c1-23-7-10-27(11-8-23)38-15-13-29-30-22-26(34)9-12-31(30)35-32(29)33(38)25-5-3-6-28(21-25)40-20-4-14-36-16-18-37(19-17-36)24(2)39;2*1-2/h3,5-12,21-22,33,35H,4,13-20H2,1-2H3;2H,1H3;1H2. The van der Waals surface area contributed by atoms with Crippen molar-refractivity contribution in [2.45, 2.75) is 32.7 Å². The van der Waals surface area contributed by atoms with Crippen LogP contribution in [-0.2, 0) is 16.0 Å². The Labute approximate surface area is 265 Å². The first-order chi connectivity index (χ1) is 21.5. The number of carbonyl (C=O) groups excluding carboxylic acids is 2. The SMILES string of the molecule is C=O.CC(=O)N1CCN(CCCOc2cccc(C3c4[nH]c5ccc(Cl)cc5c4CCN3c3ccc(C)cc3)c2)CC1.CO. The molecule has 44 heavy (non-hydrogen) atoms. The van der Waals surface area contributed by atoms with Crippen LogP contribution in [-0.4, -0.2) is 85.6 Å². The van der Waals surface area contributed by atoms with Gasteiger partial charge >= 0.3 is 0 Å². The molecule has 3 aromatic carbocycles. The topological polar surface area (TPSA) is 89.1 Å². The number of halogens is 1. The lowest BCUT2D eigenvalue weighted by Gasteiger charge is -2.38. The number of aliphatic hydroxyl groups is 1. The van der Waals surface area contributed by atoms with Crippen molar-refractivity contribution in [2.75, 3.05) is 57.9 Å². The normalized spacial score (nSPS) is 16.3. The second-order valence-electron chi connectivity index (χ2n) is 11.0. The molecule has 1 aromatic heterocycles. The maximum atomic E-state index is 11.6. The van der Waals surface area contributed by atoms with Gasteiger partial charge in [-0.1, -0.05) is 41.4 Å². The molecule has 0 aliphatic carbocycles. The number of anilines is 1. The van der Waals surface area contributed by atoms with Gasteiger partial charge in [0.2, 0.25) is 5.91 Å². The van der Waals surface area contributed by atoms with Gasteiger partial charge in [0.05, 0.1) is 12.6 Å². The summed E-state index contributed by atoms with van der Waals surface area (Å²) in [5.41, 5.74) is 7.38. The van der Waals surface area contributed by atoms with E-state index in [1.54, 1.807) is 6.92 Å². The highest BCUT2D eigenvalue weighted by Gasteiger charge is 2.32. The van der Waals surface area contributed by atoms with E-state index in [1.807, 2.05) is 17.8 Å². The Bertz CT molecular complexity index is 1520. The smallest absolute Gasteiger partial charge is 0.219 e. The minimum atomic E-state index is 0.0405. The van der Waals surface area contributed by atoms with Crippen LogP contribution in [0.1, 0.15) is 41.8 Å². The zero-order chi connectivity index (χ0) is 31.6. The van der Waals surface area contributed by atoms with E-state index >= 15 is 0 Å². The first kappa shape index (κ1) is 33.1. The van der Waals surface area contributed by atoms with Crippen molar-refractivity contribution in [3.05, 3.63) is 94.1 Å². The number of hydrogen-bond acceptors (Lipinski definition) is 6. The van der Waals surface area contributed by atoms with Gasteiger partial charge in [0.15, 0.2) is 0 Å². The van der Waals surface area contributed by atoms with Gasteiger partial charge in [-0.25, -0.2) is 0 Å². The predicted octanol–water partition coefficient (Wildman–Crippen LogP) is 5.64. The molecule has 0 saturated carbocycles. The molecule has 6 rings (SSSR count). The van der Waals surface area contributed by atoms with Gasteiger partial charge in [0, 0.05) is 80.6 Å². The molecule has 9 heteroatoms. The van der Waals surface area contributed by atoms with Gasteiger partial charge in [-0.15, -0.1) is 0 Å². The Kier molecular flexibility index (Phi) is 11.8. The molecule has 4 aromatic rings. The summed E-state index contributed by atoms with van der Waals surface area (Å²) in [4.78, 5) is 30.2. The fraction of sp³-hybridized carbons (Fsp3) is 0.371. The lowest BCUT2D eigenvalue weighted by molar-refractivity contribution is -0.130. The van der Waals surface area contributed by atoms with Crippen molar-refractivity contribution in [3.8, 4) is 5.75 Å². The van der Waals surface area contributed by atoms with Gasteiger partial charge < -0.3 is 29.4 Å². The number of carbonyl (C=O) groups is 2. The molecule has 1 unspecified atom stereocenters. The van der Waals surface area contributed by atoms with Gasteiger partial charge in [0.25, 0.3) is 0 Å². The summed E-state index contributed by atoms with van der Waals surface area (Å²) in [6.45, 7) is 11.9. The van der Waals surface area contributed by atoms with Crippen LogP contribution in [0.5, 0.6) is 5.75 Å². The van der Waals surface area contributed by atoms with Gasteiger partial charge in [-0.05, 0) is 73.4 Å². The van der Waals surface area contributed by atoms with Crippen molar-refractivity contribution in [1.29, 1.82) is 0 Å². The van der Waals surface area contributed by atoms with E-state index in [2.05, 4.69) is 82.4 Å². The average molecular weight is 619 g/mol. The van der Waals surface area contributed by atoms with E-state index in [9.17, 15) is 4.79 Å². The molecular formula is C35H43ClN4O4. The van der Waals surface area contributed by atoms with E-state index < -0.39 is 0 Å². The summed E-state index contributed by atoms with van der Waals surface area (Å²) in [5, 5.41) is 8.98. The number of aliphatic hydroxyl groups excluding tert-OH is 1. The third-order valence-electron chi connectivity index (χ3n) is 8.33. The summed E-state index contributed by atoms with van der Waals surface area (Å²) in [6.07, 6.45) is 1.91. The molecule has 8 nitrogen and oxygen atoms in total. The number of H-pyrrole nitrogens is 1. The lowest BCUT2D eigenvalue weighted by Crippen LogP contribution is -2.48. The minimum absolute atomic E-state index is 0.0405. The van der Waals surface area contributed by atoms with Gasteiger partial charge in [-0.2, -0.15) is 0 Å². The van der Waals surface area contributed by atoms with Gasteiger partial charge in [-0.3, -0.25) is 9.69 Å². The molecule has 3 heterocycles. The molecule has 2 aliphatic rings. The second kappa shape index (κ2) is 15.7. The van der Waals surface area contributed by atoms with Crippen molar-refractivity contribution >= 4 is 40.9 Å². The molecule has 1 fully saturated rings. The monoisotopic (exact) mass is 618 g/mol. The number of aromatic nitrogens is 1. The van der Waals surface area contributed by atoms with E-state index in [1.165, 1.54) is 33.5 Å². The van der Waals surface area contributed by atoms with Crippen LogP contribution >= 0.6 is 11.6 Å². The largest absolute Gasteiger partial charge is 0.494 e. The summed E-state index contributed by atoms with van der Waals surface area (Å²) in [6, 6.07) is 23.6. The Morgan fingerprint density at radius 3 is 2.43 bits per heavy atom. The third kappa shape index (κ3) is 7.62. The van der Waals surface area contributed by atoms with E-state index in [4.69, 9.17) is 26.2 Å². The molecule has 0 bridgehead atoms. The molecule has 1 atom stereocenters. The molecule has 2 aliphatic heterocycles. The van der Waals surface area contributed by atoms with Crippen molar-refractivity contribution in [2.24, 2.45) is 0 Å². The van der Waals surface area contributed by atoms with Crippen molar-refractivity contribution in [3.63, 3.8) is 0 Å². The third-order valence-corrected chi connectivity index (χ3v) is 8.57. The Balaban J connectivity index is 0.00000106. The number of amides is 1. The van der Waals surface area contributed by atoms with Crippen LogP contribution in [0.3, 0.4) is 0 Å². The molecule has 0 radical (unpaired) electrons. The Morgan fingerprint density at radius 1 is 1.00 bits per heavy atom. The Hall–Kier alpha value is -3.85. The zero-order valence-electron chi connectivity index (χ0n) is 25.9. The van der Waals surface area contributed by atoms with E-state index in [-0.39, 0.29) is 11.9 Å². The molecular weight excluding hydrogens is 576 g/mol. The number of aryl methyl sites for hydroxylation is 1. The number of nitrogens with one attached hydrogen (secondary N) is 1. The summed E-state index contributed by atoms with van der Waals surface area (Å²) in [7, 11) is 1.00. The van der Waals surface area contributed by atoms with Crippen LogP contribution in [0.4, 0.5) is 5.69 Å². The predicted molar refractivity (Wildman–Crippen MR) is 178 cm³/mol. The molecule has 2 N–H and O–H groups in total. The fourth-order valence-corrected chi connectivity index (χ4v) is 6.33. The first-order valence-corrected chi connectivity index (χ1v) is 15.4. The zero-order valence-corrected chi connectivity index (χ0v) is 26.6. The van der Waals surface area contributed by atoms with E-state index in [0.29, 0.717) is 6.61 Å². The van der Waals surface area contributed by atoms with Crippen LogP contribution in [0, 0.1) is 6.92 Å². The number of fused-ring (bicyclic) bond motifs is 3. The van der Waals surface area contributed by atoms with Crippen molar-refractivity contribution in [1.82, 2.24) is 14.8 Å². The summed E-state index contributed by atoms with van der Waals surface area (Å²) >= 11 is 6.40. The number of rotatable bonds is 7. The van der Waals surface area contributed by atoms with E-state index in [0.717, 1.165) is 75.5 Å².